The van der Waals surface area contributed by atoms with E-state index in [0.717, 1.165) is 11.3 Å². The molecule has 2 fully saturated rings. The quantitative estimate of drug-likeness (QED) is 0.0335. The Balaban J connectivity index is 0.000000216. The van der Waals surface area contributed by atoms with Crippen LogP contribution in [0.2, 0.25) is 0 Å². The van der Waals surface area contributed by atoms with Crippen LogP contribution in [0.3, 0.4) is 0 Å². The van der Waals surface area contributed by atoms with Crippen LogP contribution in [0.15, 0.2) is 72.8 Å². The number of nitrogen functional groups attached to an aromatic ring is 1. The van der Waals surface area contributed by atoms with Crippen LogP contribution in [0.4, 0.5) is 49.9 Å². The molecular formula is C55H66F4N8O9. The standard InChI is InChI=1S/C27H32F2N4O4.C22H24F2N4O2.C6H10O3/c1-26(2,24(35)36)16-31-21-12-17(4-6-20(21)29)15-30-25(37)33-10-8-27(9-11-33)14-23(34)19-13-18(28)5-7-22(19)32(27)3;1-27-19-5-3-15(23)11-16(19)20(29)12-22(27)6-8-28(9-7-22)21(30)26-13-14-2-4-17(24)18(25)10-14;1-6(2,4-7)5(8)9-3/h4-7,12-13,31H,8-11,14-16H2,1-3H3,(H,30,37)(H,35,36);2-5,10-11H,6-9,12-13,25H2,1H3,(H,26,30);4H,1-3H3. The van der Waals surface area contributed by atoms with Gasteiger partial charge in [0.25, 0.3) is 0 Å². The molecule has 0 atom stereocenters. The highest BCUT2D eigenvalue weighted by Gasteiger charge is 2.47. The van der Waals surface area contributed by atoms with E-state index in [1.54, 1.807) is 54.0 Å². The third-order valence-electron chi connectivity index (χ3n) is 14.9. The summed E-state index contributed by atoms with van der Waals surface area (Å²) in [5, 5.41) is 17.8. The molecule has 4 aromatic carbocycles. The average molecular weight is 1060 g/mol. The summed E-state index contributed by atoms with van der Waals surface area (Å²) in [5.41, 5.74) is 6.58. The Bertz CT molecular complexity index is 2870. The first-order valence-corrected chi connectivity index (χ1v) is 24.8. The van der Waals surface area contributed by atoms with E-state index in [9.17, 15) is 56.2 Å². The summed E-state index contributed by atoms with van der Waals surface area (Å²) in [4.78, 5) is 90.4. The summed E-state index contributed by atoms with van der Waals surface area (Å²) in [7, 11) is 5.10. The zero-order valence-corrected chi connectivity index (χ0v) is 43.8. The maximum atomic E-state index is 14.2. The number of amides is 4. The molecule has 4 amide bonds. The van der Waals surface area contributed by atoms with Gasteiger partial charge in [-0.05, 0) is 125 Å². The van der Waals surface area contributed by atoms with Crippen LogP contribution in [-0.2, 0) is 32.2 Å². The van der Waals surface area contributed by atoms with Gasteiger partial charge in [-0.1, -0.05) is 12.1 Å². The van der Waals surface area contributed by atoms with Crippen molar-refractivity contribution in [1.29, 1.82) is 0 Å². The summed E-state index contributed by atoms with van der Waals surface area (Å²) in [6.07, 6.45) is 3.64. The van der Waals surface area contributed by atoms with Crippen LogP contribution in [0, 0.1) is 34.1 Å². The van der Waals surface area contributed by atoms with Gasteiger partial charge in [0.15, 0.2) is 11.6 Å². The first-order chi connectivity index (χ1) is 35.7. The third kappa shape index (κ3) is 13.0. The molecule has 0 aromatic heterocycles. The summed E-state index contributed by atoms with van der Waals surface area (Å²) in [6, 6.07) is 16.9. The van der Waals surface area contributed by atoms with E-state index in [1.165, 1.54) is 63.4 Å². The van der Waals surface area contributed by atoms with Crippen LogP contribution in [-0.4, -0.2) is 122 Å². The number of carboxylic acids is 1. The molecule has 2 saturated heterocycles. The molecular weight excluding hydrogens is 993 g/mol. The van der Waals surface area contributed by atoms with Crippen molar-refractivity contribution < 1.29 is 61.0 Å². The third-order valence-corrected chi connectivity index (χ3v) is 14.9. The summed E-state index contributed by atoms with van der Waals surface area (Å²) in [5.74, 6) is -3.48. The Kier molecular flexibility index (Phi) is 17.8. The van der Waals surface area contributed by atoms with Crippen LogP contribution >= 0.6 is 0 Å². The average Bonchev–Trinajstić information content (AvgIpc) is 3.40. The molecule has 8 rings (SSSR count). The molecule has 0 saturated carbocycles. The normalized spacial score (nSPS) is 16.5. The van der Waals surface area contributed by atoms with Crippen molar-refractivity contribution >= 4 is 64.6 Å². The van der Waals surface area contributed by atoms with Crippen molar-refractivity contribution in [3.63, 3.8) is 0 Å². The number of ether oxygens (including phenoxy) is 1. The highest BCUT2D eigenvalue weighted by Crippen LogP contribution is 2.43. The minimum Gasteiger partial charge on any atom is -0.481 e. The summed E-state index contributed by atoms with van der Waals surface area (Å²) in [6.45, 7) is 8.51. The number of carboxylic acid groups (broad SMARTS) is 1. The zero-order chi connectivity index (χ0) is 55.9. The predicted molar refractivity (Wildman–Crippen MR) is 278 cm³/mol. The maximum Gasteiger partial charge on any atom is 0.318 e. The number of nitrogens with one attached hydrogen (secondary N) is 3. The number of aldehydes is 1. The Hall–Kier alpha value is -7.71. The first-order valence-electron chi connectivity index (χ1n) is 24.8. The number of hydrogen-bond acceptors (Lipinski definition) is 12. The van der Waals surface area contributed by atoms with E-state index >= 15 is 0 Å². The van der Waals surface area contributed by atoms with E-state index in [-0.39, 0.29) is 66.6 Å². The Labute approximate surface area is 439 Å². The Morgan fingerprint density at radius 3 is 1.51 bits per heavy atom. The number of carbonyl (C=O) groups is 7. The van der Waals surface area contributed by atoms with Gasteiger partial charge in [0.2, 0.25) is 0 Å². The topological polar surface area (TPSA) is 224 Å². The Morgan fingerprint density at radius 2 is 1.12 bits per heavy atom. The molecule has 4 aliphatic heterocycles. The van der Waals surface area contributed by atoms with E-state index in [2.05, 4.69) is 30.5 Å². The molecule has 0 aliphatic carbocycles. The molecule has 0 bridgehead atoms. The number of fused-ring (bicyclic) bond motifs is 2. The number of aliphatic carboxylic acids is 1. The number of Topliss-reactive ketones (excluding diaryl/α,β-unsaturated/α-hetero) is 2. The van der Waals surface area contributed by atoms with Crippen molar-refractivity contribution in [2.45, 2.75) is 90.4 Å². The number of nitrogens with two attached hydrogens (primary N) is 1. The van der Waals surface area contributed by atoms with E-state index in [1.807, 2.05) is 14.1 Å². The number of esters is 1. The second kappa shape index (κ2) is 23.5. The largest absolute Gasteiger partial charge is 0.481 e. The highest BCUT2D eigenvalue weighted by molar-refractivity contribution is 6.05. The Morgan fingerprint density at radius 1 is 0.684 bits per heavy atom. The van der Waals surface area contributed by atoms with Crippen LogP contribution in [0.1, 0.15) is 98.1 Å². The molecule has 0 unspecified atom stereocenters. The number of likely N-dealkylation sites (tertiary alicyclic amines) is 2. The lowest BCUT2D eigenvalue weighted by atomic mass is 9.77. The van der Waals surface area contributed by atoms with Gasteiger partial charge in [0.05, 0.1) is 35.0 Å². The number of hydrogen-bond donors (Lipinski definition) is 5. The van der Waals surface area contributed by atoms with Gasteiger partial charge in [-0.3, -0.25) is 19.2 Å². The molecule has 4 aliphatic rings. The van der Waals surface area contributed by atoms with Gasteiger partial charge < -0.3 is 55.9 Å². The lowest BCUT2D eigenvalue weighted by Gasteiger charge is -2.50. The fourth-order valence-corrected chi connectivity index (χ4v) is 9.66. The lowest BCUT2D eigenvalue weighted by Crippen LogP contribution is -2.59. The monoisotopic (exact) mass is 1060 g/mol. The van der Waals surface area contributed by atoms with Crippen molar-refractivity contribution in [2.75, 3.05) is 74.8 Å². The fourth-order valence-electron chi connectivity index (χ4n) is 9.66. The van der Waals surface area contributed by atoms with Gasteiger partial charge in [-0.2, -0.15) is 0 Å². The van der Waals surface area contributed by atoms with Gasteiger partial charge in [-0.25, -0.2) is 27.2 Å². The lowest BCUT2D eigenvalue weighted by molar-refractivity contribution is -0.152. The number of anilines is 4. The maximum absolute atomic E-state index is 14.2. The second-order valence-corrected chi connectivity index (χ2v) is 20.9. The van der Waals surface area contributed by atoms with Gasteiger partial charge >= 0.3 is 24.0 Å². The summed E-state index contributed by atoms with van der Waals surface area (Å²) < 4.78 is 59.0. The minimum atomic E-state index is -1.07. The number of methoxy groups -OCH3 is 1. The van der Waals surface area contributed by atoms with E-state index in [4.69, 9.17) is 5.73 Å². The van der Waals surface area contributed by atoms with Gasteiger partial charge in [0, 0.05) is 95.3 Å². The molecule has 21 heteroatoms. The molecule has 17 nitrogen and oxygen atoms in total. The number of halogens is 4. The van der Waals surface area contributed by atoms with Gasteiger partial charge in [-0.15, -0.1) is 0 Å². The number of nitrogens with zero attached hydrogens (tertiary/aromatic N) is 4. The molecule has 6 N–H and O–H groups in total. The predicted octanol–water partition coefficient (Wildman–Crippen LogP) is 7.95. The van der Waals surface area contributed by atoms with Crippen LogP contribution < -0.4 is 31.5 Å². The second-order valence-electron chi connectivity index (χ2n) is 20.9. The van der Waals surface area contributed by atoms with Crippen molar-refractivity contribution in [3.05, 3.63) is 118 Å². The zero-order valence-electron chi connectivity index (χ0n) is 43.8. The minimum absolute atomic E-state index is 0.0426. The number of urea groups is 2. The fraction of sp³-hybridized carbons (Fsp3) is 0.436. The number of benzene rings is 4. The van der Waals surface area contributed by atoms with E-state index in [0.29, 0.717) is 86.9 Å². The van der Waals surface area contributed by atoms with Crippen LogP contribution in [0.25, 0.3) is 0 Å². The molecule has 76 heavy (non-hydrogen) atoms. The smallest absolute Gasteiger partial charge is 0.318 e. The number of ketones is 2. The molecule has 4 aromatic rings. The highest BCUT2D eigenvalue weighted by atomic mass is 19.1. The summed E-state index contributed by atoms with van der Waals surface area (Å²) >= 11 is 0. The van der Waals surface area contributed by atoms with E-state index < -0.39 is 51.6 Å². The number of carbonyl (C=O) groups excluding carboxylic acids is 6. The first kappa shape index (κ1) is 57.6. The SMILES string of the molecule is CN1c2ccc(F)cc2C(=O)CC12CCN(C(=O)NCc1ccc(F)c(N)c1)CC2.CN1c2ccc(F)cc2C(=O)CC12CCN(C(=O)NCc1ccc(F)c(NCC(C)(C)C(=O)O)c1)CC2.COC(=O)C(C)(C)C=O. The van der Waals surface area contributed by atoms with Crippen molar-refractivity contribution in [3.8, 4) is 0 Å². The molecule has 4 heterocycles. The van der Waals surface area contributed by atoms with Crippen molar-refractivity contribution in [2.24, 2.45) is 10.8 Å². The number of rotatable bonds is 10. The van der Waals surface area contributed by atoms with Crippen molar-refractivity contribution in [1.82, 2.24) is 20.4 Å². The molecule has 0 radical (unpaired) electrons. The molecule has 2 spiro atoms. The van der Waals surface area contributed by atoms with Gasteiger partial charge in [0.1, 0.15) is 35.0 Å². The van der Waals surface area contributed by atoms with Crippen LogP contribution in [0.5, 0.6) is 0 Å². The number of piperidine rings is 2. The molecule has 408 valence electrons.